The maximum Gasteiger partial charge on any atom is 0.127 e. The van der Waals surface area contributed by atoms with Crippen molar-refractivity contribution in [2.45, 2.75) is 13.3 Å². The van der Waals surface area contributed by atoms with E-state index in [1.165, 1.54) is 0 Å². The summed E-state index contributed by atoms with van der Waals surface area (Å²) in [5.74, 6) is 2.08. The van der Waals surface area contributed by atoms with Crippen LogP contribution in [0.5, 0.6) is 5.75 Å². The van der Waals surface area contributed by atoms with Crippen LogP contribution in [0.25, 0.3) is 0 Å². The number of hydrogen-bond donors (Lipinski definition) is 2. The Labute approximate surface area is 95.4 Å². The molecular weight excluding hydrogens is 200 g/mol. The van der Waals surface area contributed by atoms with Crippen molar-refractivity contribution in [2.24, 2.45) is 11.7 Å². The van der Waals surface area contributed by atoms with Gasteiger partial charge in [-0.25, -0.2) is 0 Å². The van der Waals surface area contributed by atoms with Gasteiger partial charge in [0, 0.05) is 23.7 Å². The van der Waals surface area contributed by atoms with Crippen LogP contribution in [0.4, 0.5) is 5.69 Å². The molecule has 0 aliphatic heterocycles. The van der Waals surface area contributed by atoms with E-state index in [0.717, 1.165) is 29.3 Å². The molecule has 0 saturated heterocycles. The zero-order valence-electron chi connectivity index (χ0n) is 9.31. The van der Waals surface area contributed by atoms with E-state index in [0.29, 0.717) is 5.92 Å². The third-order valence-electron chi connectivity index (χ3n) is 2.67. The Kier molecular flexibility index (Phi) is 2.86. The predicted octanol–water partition coefficient (Wildman–Crippen LogP) is 2.41. The van der Waals surface area contributed by atoms with Gasteiger partial charge >= 0.3 is 0 Å². The Bertz CT molecular complexity index is 432. The molecule has 3 nitrogen and oxygen atoms in total. The summed E-state index contributed by atoms with van der Waals surface area (Å²) in [6.07, 6.45) is 4.67. The molecule has 1 aliphatic carbocycles. The molecule has 84 valence electrons. The largest absolute Gasteiger partial charge is 0.462 e. The van der Waals surface area contributed by atoms with Gasteiger partial charge in [-0.05, 0) is 36.4 Å². The van der Waals surface area contributed by atoms with Crippen molar-refractivity contribution in [2.75, 3.05) is 5.73 Å². The molecular formula is C13H16N2O. The molecule has 2 rings (SSSR count). The minimum Gasteiger partial charge on any atom is -0.462 e. The predicted molar refractivity (Wildman–Crippen MR) is 65.6 cm³/mol. The zero-order valence-corrected chi connectivity index (χ0v) is 9.31. The molecule has 4 N–H and O–H groups in total. The van der Waals surface area contributed by atoms with Crippen LogP contribution in [-0.2, 0) is 0 Å². The van der Waals surface area contributed by atoms with E-state index in [4.69, 9.17) is 16.2 Å². The van der Waals surface area contributed by atoms with Gasteiger partial charge in [0.1, 0.15) is 11.5 Å². The van der Waals surface area contributed by atoms with E-state index in [-0.39, 0.29) is 0 Å². The molecule has 0 saturated carbocycles. The third-order valence-corrected chi connectivity index (χ3v) is 2.67. The first-order chi connectivity index (χ1) is 7.65. The average Bonchev–Trinajstić information content (AvgIpc) is 2.27. The highest BCUT2D eigenvalue weighted by atomic mass is 16.5. The first-order valence-corrected chi connectivity index (χ1v) is 5.35. The topological polar surface area (TPSA) is 61.3 Å². The number of ether oxygens (including phenoxy) is 1. The second-order valence-corrected chi connectivity index (χ2v) is 4.08. The van der Waals surface area contributed by atoms with Crippen LogP contribution in [0.2, 0.25) is 0 Å². The van der Waals surface area contributed by atoms with E-state index < -0.39 is 0 Å². The van der Waals surface area contributed by atoms with Crippen LogP contribution in [0.1, 0.15) is 13.3 Å². The van der Waals surface area contributed by atoms with Crippen molar-refractivity contribution in [3.63, 3.8) is 0 Å². The van der Waals surface area contributed by atoms with Crippen LogP contribution in [-0.4, -0.2) is 0 Å². The van der Waals surface area contributed by atoms with Crippen LogP contribution in [0.3, 0.4) is 0 Å². The first-order valence-electron chi connectivity index (χ1n) is 5.35. The maximum absolute atomic E-state index is 5.80. The molecule has 0 radical (unpaired) electrons. The van der Waals surface area contributed by atoms with Crippen LogP contribution < -0.4 is 16.2 Å². The quantitative estimate of drug-likeness (QED) is 0.746. The van der Waals surface area contributed by atoms with Gasteiger partial charge in [0.05, 0.1) is 0 Å². The molecule has 1 unspecified atom stereocenters. The van der Waals surface area contributed by atoms with Crippen molar-refractivity contribution >= 4 is 5.69 Å². The Morgan fingerprint density at radius 3 is 2.44 bits per heavy atom. The van der Waals surface area contributed by atoms with Crippen LogP contribution >= 0.6 is 0 Å². The number of benzene rings is 1. The highest BCUT2D eigenvalue weighted by Gasteiger charge is 2.13. The highest BCUT2D eigenvalue weighted by Crippen LogP contribution is 2.25. The van der Waals surface area contributed by atoms with E-state index in [9.17, 15) is 0 Å². The SMILES string of the molecule is CC1CC(Oc2ccc(N)cc2)=CC=C1N. The van der Waals surface area contributed by atoms with Gasteiger partial charge in [-0.1, -0.05) is 6.92 Å². The third kappa shape index (κ3) is 2.37. The Hall–Kier alpha value is -1.90. The summed E-state index contributed by atoms with van der Waals surface area (Å²) in [5.41, 5.74) is 13.0. The number of rotatable bonds is 2. The lowest BCUT2D eigenvalue weighted by molar-refractivity contribution is 0.380. The second kappa shape index (κ2) is 4.31. The molecule has 1 atom stereocenters. The minimum atomic E-state index is 0.341. The van der Waals surface area contributed by atoms with Crippen molar-refractivity contribution in [3.05, 3.63) is 47.9 Å². The molecule has 16 heavy (non-hydrogen) atoms. The fourth-order valence-corrected chi connectivity index (χ4v) is 1.60. The average molecular weight is 216 g/mol. The molecule has 1 aromatic rings. The molecule has 0 heterocycles. The van der Waals surface area contributed by atoms with Crippen molar-refractivity contribution in [1.29, 1.82) is 0 Å². The van der Waals surface area contributed by atoms with Crippen molar-refractivity contribution in [3.8, 4) is 5.75 Å². The zero-order chi connectivity index (χ0) is 11.5. The molecule has 3 heteroatoms. The van der Waals surface area contributed by atoms with Gasteiger partial charge in [0.2, 0.25) is 0 Å². The number of anilines is 1. The molecule has 0 bridgehead atoms. The van der Waals surface area contributed by atoms with Gasteiger partial charge in [0.25, 0.3) is 0 Å². The fraction of sp³-hybridized carbons (Fsp3) is 0.231. The van der Waals surface area contributed by atoms with E-state index in [1.54, 1.807) is 0 Å². The fourth-order valence-electron chi connectivity index (χ4n) is 1.60. The molecule has 1 aromatic carbocycles. The molecule has 0 fully saturated rings. The van der Waals surface area contributed by atoms with Crippen LogP contribution in [0, 0.1) is 5.92 Å². The summed E-state index contributed by atoms with van der Waals surface area (Å²) >= 11 is 0. The smallest absolute Gasteiger partial charge is 0.127 e. The summed E-state index contributed by atoms with van der Waals surface area (Å²) in [5, 5.41) is 0. The van der Waals surface area contributed by atoms with Gasteiger partial charge in [-0.15, -0.1) is 0 Å². The van der Waals surface area contributed by atoms with Gasteiger partial charge in [-0.3, -0.25) is 0 Å². The summed E-state index contributed by atoms with van der Waals surface area (Å²) < 4.78 is 5.73. The molecule has 0 aromatic heterocycles. The Balaban J connectivity index is 2.08. The van der Waals surface area contributed by atoms with Gasteiger partial charge in [0.15, 0.2) is 0 Å². The Morgan fingerprint density at radius 2 is 1.81 bits per heavy atom. The Morgan fingerprint density at radius 1 is 1.12 bits per heavy atom. The number of hydrogen-bond acceptors (Lipinski definition) is 3. The number of allylic oxidation sites excluding steroid dienone is 4. The number of nitrogen functional groups attached to an aromatic ring is 1. The normalized spacial score (nSPS) is 19.9. The van der Waals surface area contributed by atoms with Crippen molar-refractivity contribution < 1.29 is 4.74 Å². The standard InChI is InChI=1S/C13H16N2O/c1-9-8-12(6-7-13(9)15)16-11-4-2-10(14)3-5-11/h2-7,9H,8,14-15H2,1H3. The first kappa shape index (κ1) is 10.6. The lowest BCUT2D eigenvalue weighted by atomic mass is 9.98. The second-order valence-electron chi connectivity index (χ2n) is 4.08. The number of nitrogens with two attached hydrogens (primary N) is 2. The van der Waals surface area contributed by atoms with E-state index in [1.807, 2.05) is 36.4 Å². The van der Waals surface area contributed by atoms with Gasteiger partial charge in [-0.2, -0.15) is 0 Å². The summed E-state index contributed by atoms with van der Waals surface area (Å²) in [6, 6.07) is 7.38. The lowest BCUT2D eigenvalue weighted by Gasteiger charge is -2.19. The lowest BCUT2D eigenvalue weighted by Crippen LogP contribution is -2.14. The summed E-state index contributed by atoms with van der Waals surface area (Å²) in [4.78, 5) is 0. The van der Waals surface area contributed by atoms with E-state index in [2.05, 4.69) is 6.92 Å². The van der Waals surface area contributed by atoms with E-state index >= 15 is 0 Å². The van der Waals surface area contributed by atoms with Gasteiger partial charge < -0.3 is 16.2 Å². The maximum atomic E-state index is 5.80. The molecule has 1 aliphatic rings. The molecule has 0 spiro atoms. The van der Waals surface area contributed by atoms with Crippen molar-refractivity contribution in [1.82, 2.24) is 0 Å². The minimum absolute atomic E-state index is 0.341. The highest BCUT2D eigenvalue weighted by molar-refractivity contribution is 5.42. The summed E-state index contributed by atoms with van der Waals surface area (Å²) in [7, 11) is 0. The van der Waals surface area contributed by atoms with Crippen LogP contribution in [0.15, 0.2) is 47.9 Å². The monoisotopic (exact) mass is 216 g/mol. The molecule has 0 amide bonds. The summed E-state index contributed by atoms with van der Waals surface area (Å²) in [6.45, 7) is 2.09.